The van der Waals surface area contributed by atoms with Gasteiger partial charge in [-0.3, -0.25) is 18.6 Å². The number of phosphoric ester groups is 1. The number of rotatable bonds is 69. The molecule has 0 saturated carbocycles. The molecule has 2 unspecified atom stereocenters. The molecule has 85 heavy (non-hydrogen) atoms. The zero-order valence-corrected chi connectivity index (χ0v) is 56.7. The van der Waals surface area contributed by atoms with Crippen LogP contribution in [-0.4, -0.2) is 49.3 Å². The van der Waals surface area contributed by atoms with Crippen LogP contribution in [0.15, 0.2) is 72.9 Å². The molecule has 0 spiro atoms. The number of carbonyl (C=O) groups is 2. The van der Waals surface area contributed by atoms with E-state index in [2.05, 4.69) is 86.8 Å². The first-order chi connectivity index (χ1) is 41.8. The summed E-state index contributed by atoms with van der Waals surface area (Å²) in [5.74, 6) is -0.817. The van der Waals surface area contributed by atoms with E-state index in [0.717, 1.165) is 77.0 Å². The van der Waals surface area contributed by atoms with Gasteiger partial charge in [0.2, 0.25) is 0 Å². The highest BCUT2D eigenvalue weighted by Gasteiger charge is 2.26. The maximum Gasteiger partial charge on any atom is 0.472 e. The summed E-state index contributed by atoms with van der Waals surface area (Å²) < 4.78 is 33.2. The van der Waals surface area contributed by atoms with Crippen LogP contribution in [-0.2, 0) is 32.7 Å². The monoisotopic (exact) mass is 1210 g/mol. The summed E-state index contributed by atoms with van der Waals surface area (Å²) in [4.78, 5) is 35.4. The second-order valence-electron chi connectivity index (χ2n) is 24.4. The molecule has 496 valence electrons. The largest absolute Gasteiger partial charge is 0.472 e. The Hall–Kier alpha value is -2.55. The number of hydrogen-bond acceptors (Lipinski definition) is 8. The van der Waals surface area contributed by atoms with Crippen molar-refractivity contribution < 1.29 is 37.6 Å². The molecular formula is C75H138NO8P. The van der Waals surface area contributed by atoms with Crippen LogP contribution in [0, 0.1) is 0 Å². The number of nitrogens with two attached hydrogens (primary N) is 1. The second-order valence-corrected chi connectivity index (χ2v) is 25.9. The third-order valence-corrected chi connectivity index (χ3v) is 17.1. The molecule has 0 aromatic rings. The van der Waals surface area contributed by atoms with Crippen molar-refractivity contribution in [1.82, 2.24) is 0 Å². The topological polar surface area (TPSA) is 134 Å². The summed E-state index contributed by atoms with van der Waals surface area (Å²) in [5, 5.41) is 0. The molecule has 0 aromatic carbocycles. The number of carbonyl (C=O) groups excluding carboxylic acids is 2. The third kappa shape index (κ3) is 70.4. The third-order valence-electron chi connectivity index (χ3n) is 16.1. The van der Waals surface area contributed by atoms with Crippen LogP contribution in [0.2, 0.25) is 0 Å². The minimum atomic E-state index is -4.40. The van der Waals surface area contributed by atoms with Gasteiger partial charge in [-0.05, 0) is 83.5 Å². The van der Waals surface area contributed by atoms with Gasteiger partial charge in [0.1, 0.15) is 6.61 Å². The summed E-state index contributed by atoms with van der Waals surface area (Å²) in [7, 11) is -4.40. The number of phosphoric acid groups is 1. The van der Waals surface area contributed by atoms with E-state index in [4.69, 9.17) is 24.3 Å². The highest BCUT2D eigenvalue weighted by Crippen LogP contribution is 2.43. The molecule has 0 rings (SSSR count). The lowest BCUT2D eigenvalue weighted by Gasteiger charge is -2.19. The fraction of sp³-hybridized carbons (Fsp3) is 0.813. The van der Waals surface area contributed by atoms with Crippen LogP contribution >= 0.6 is 7.82 Å². The van der Waals surface area contributed by atoms with Gasteiger partial charge >= 0.3 is 19.8 Å². The van der Waals surface area contributed by atoms with Crippen LogP contribution in [0.5, 0.6) is 0 Å². The standard InChI is InChI=1S/C75H138NO8P/c1-3-5-7-9-11-13-15-17-19-21-23-25-27-29-31-32-33-34-35-36-37-38-39-40-42-43-45-47-49-51-53-55-57-59-61-63-65-67-74(77)81-71-73(72-83-85(79,80)82-70-69-76)84-75(78)68-66-64-62-60-58-56-54-52-50-48-46-44-41-30-28-26-24-22-20-18-16-14-12-10-8-6-4-2/h6,8,12,14,18,20-21,23-24,26,30,41,73H,3-5,7,9-11,13,15-17,19,22,25,27-29,31-40,42-72,76H2,1-2H3,(H,79,80)/b8-6-,14-12-,20-18-,23-21-,26-24-,41-30-. The number of hydrogen-bond donors (Lipinski definition) is 2. The van der Waals surface area contributed by atoms with Crippen LogP contribution in [0.1, 0.15) is 361 Å². The van der Waals surface area contributed by atoms with Crippen molar-refractivity contribution in [3.8, 4) is 0 Å². The van der Waals surface area contributed by atoms with Crippen molar-refractivity contribution in [1.29, 1.82) is 0 Å². The first-order valence-electron chi connectivity index (χ1n) is 36.4. The maximum atomic E-state index is 12.8. The first-order valence-corrected chi connectivity index (χ1v) is 37.9. The molecule has 9 nitrogen and oxygen atoms in total. The number of unbranched alkanes of at least 4 members (excludes halogenated alkanes) is 44. The van der Waals surface area contributed by atoms with Gasteiger partial charge in [0.25, 0.3) is 0 Å². The van der Waals surface area contributed by atoms with E-state index < -0.39 is 26.5 Å². The maximum absolute atomic E-state index is 12.8. The van der Waals surface area contributed by atoms with Gasteiger partial charge in [0.15, 0.2) is 6.10 Å². The molecule has 3 N–H and O–H groups in total. The molecule has 2 atom stereocenters. The highest BCUT2D eigenvalue weighted by atomic mass is 31.2. The van der Waals surface area contributed by atoms with Crippen LogP contribution < -0.4 is 5.73 Å². The minimum absolute atomic E-state index is 0.0521. The average molecular weight is 1210 g/mol. The fourth-order valence-corrected chi connectivity index (χ4v) is 11.5. The zero-order valence-electron chi connectivity index (χ0n) is 55.8. The Morgan fingerprint density at radius 1 is 0.365 bits per heavy atom. The van der Waals surface area contributed by atoms with E-state index >= 15 is 0 Å². The lowest BCUT2D eigenvalue weighted by Crippen LogP contribution is -2.29. The first kappa shape index (κ1) is 82.5. The number of ether oxygens (including phenoxy) is 2. The van der Waals surface area contributed by atoms with E-state index in [1.165, 1.54) is 250 Å². The van der Waals surface area contributed by atoms with Crippen molar-refractivity contribution in [2.24, 2.45) is 5.73 Å². The molecular weight excluding hydrogens is 1070 g/mol. The quantitative estimate of drug-likeness (QED) is 0.0264. The molecule has 0 aliphatic carbocycles. The summed E-state index contributed by atoms with van der Waals surface area (Å²) in [6.07, 6.45) is 93.0. The smallest absolute Gasteiger partial charge is 0.462 e. The van der Waals surface area contributed by atoms with Gasteiger partial charge in [-0.15, -0.1) is 0 Å². The van der Waals surface area contributed by atoms with Gasteiger partial charge in [0, 0.05) is 19.4 Å². The van der Waals surface area contributed by atoms with Crippen LogP contribution in [0.4, 0.5) is 0 Å². The van der Waals surface area contributed by atoms with Crippen LogP contribution in [0.3, 0.4) is 0 Å². The van der Waals surface area contributed by atoms with Crippen molar-refractivity contribution in [3.05, 3.63) is 72.9 Å². The minimum Gasteiger partial charge on any atom is -0.462 e. The van der Waals surface area contributed by atoms with Gasteiger partial charge in [-0.1, -0.05) is 337 Å². The molecule has 0 heterocycles. The molecule has 0 aromatic heterocycles. The predicted molar refractivity (Wildman–Crippen MR) is 367 cm³/mol. The van der Waals surface area contributed by atoms with E-state index in [-0.39, 0.29) is 38.6 Å². The van der Waals surface area contributed by atoms with Gasteiger partial charge in [-0.25, -0.2) is 4.57 Å². The van der Waals surface area contributed by atoms with E-state index in [1.54, 1.807) is 0 Å². The van der Waals surface area contributed by atoms with Crippen molar-refractivity contribution in [2.75, 3.05) is 26.4 Å². The van der Waals surface area contributed by atoms with Crippen molar-refractivity contribution >= 4 is 19.8 Å². The Labute approximate surface area is 526 Å². The SMILES string of the molecule is CC/C=C\C/C=C\C/C=C\C/C=C\C/C=C\CCCCCCCCCCCCCC(=O)OC(COC(=O)CCCCCCCCCCCCCCCCCCCCCCCCCCC/C=C\CCCCCCCCCC)COP(=O)(O)OCCN. The van der Waals surface area contributed by atoms with Gasteiger partial charge in [0.05, 0.1) is 13.2 Å². The average Bonchev–Trinajstić information content (AvgIpc) is 3.53. The van der Waals surface area contributed by atoms with Gasteiger partial charge in [-0.2, -0.15) is 0 Å². The van der Waals surface area contributed by atoms with Crippen molar-refractivity contribution in [3.63, 3.8) is 0 Å². The Balaban J connectivity index is 3.80. The molecule has 10 heteroatoms. The molecule has 0 aliphatic rings. The molecule has 0 aliphatic heterocycles. The zero-order chi connectivity index (χ0) is 61.6. The lowest BCUT2D eigenvalue weighted by atomic mass is 10.0. The Morgan fingerprint density at radius 2 is 0.647 bits per heavy atom. The molecule has 0 radical (unpaired) electrons. The molecule has 0 fully saturated rings. The van der Waals surface area contributed by atoms with Crippen molar-refractivity contribution in [2.45, 2.75) is 367 Å². The normalized spacial score (nSPS) is 13.3. The molecule has 0 amide bonds. The lowest BCUT2D eigenvalue weighted by molar-refractivity contribution is -0.161. The molecule has 0 saturated heterocycles. The summed E-state index contributed by atoms with van der Waals surface area (Å²) in [6.45, 7) is 3.68. The Morgan fingerprint density at radius 3 is 0.976 bits per heavy atom. The second kappa shape index (κ2) is 70.5. The van der Waals surface area contributed by atoms with Gasteiger partial charge < -0.3 is 20.1 Å². The Bertz CT molecular complexity index is 1620. The fourth-order valence-electron chi connectivity index (χ4n) is 10.7. The number of esters is 2. The summed E-state index contributed by atoms with van der Waals surface area (Å²) in [6, 6.07) is 0. The van der Waals surface area contributed by atoms with E-state index in [1.807, 2.05) is 0 Å². The summed E-state index contributed by atoms with van der Waals surface area (Å²) >= 11 is 0. The Kier molecular flexibility index (Phi) is 68.4. The highest BCUT2D eigenvalue weighted by molar-refractivity contribution is 7.47. The summed E-state index contributed by atoms with van der Waals surface area (Å²) in [5.41, 5.74) is 5.40. The predicted octanol–water partition coefficient (Wildman–Crippen LogP) is 24.0. The van der Waals surface area contributed by atoms with E-state index in [9.17, 15) is 19.0 Å². The molecule has 0 bridgehead atoms. The number of allylic oxidation sites excluding steroid dienone is 12. The van der Waals surface area contributed by atoms with Crippen LogP contribution in [0.25, 0.3) is 0 Å². The van der Waals surface area contributed by atoms with E-state index in [0.29, 0.717) is 6.42 Å².